The highest BCUT2D eigenvalue weighted by molar-refractivity contribution is 6.09. The molecule has 0 saturated carbocycles. The Balaban J connectivity index is 1.68. The molecule has 0 aromatic heterocycles. The minimum absolute atomic E-state index is 0.0518. The van der Waals surface area contributed by atoms with Crippen LogP contribution in [0.2, 0.25) is 0 Å². The number of rotatable bonds is 7. The summed E-state index contributed by atoms with van der Waals surface area (Å²) in [5.41, 5.74) is 6.43. The van der Waals surface area contributed by atoms with Gasteiger partial charge in [0.05, 0.1) is 6.61 Å². The smallest absolute Gasteiger partial charge is 0.266 e. The summed E-state index contributed by atoms with van der Waals surface area (Å²) in [5.74, 6) is 0.295. The van der Waals surface area contributed by atoms with Crippen molar-refractivity contribution in [1.82, 2.24) is 0 Å². The highest BCUT2D eigenvalue weighted by Crippen LogP contribution is 2.18. The highest BCUT2D eigenvalue weighted by atomic mass is 16.5. The van der Waals surface area contributed by atoms with Crippen molar-refractivity contribution in [1.29, 1.82) is 5.26 Å². The van der Waals surface area contributed by atoms with Gasteiger partial charge in [0.15, 0.2) is 0 Å². The predicted octanol–water partition coefficient (Wildman–Crippen LogP) is 5.84. The van der Waals surface area contributed by atoms with Gasteiger partial charge >= 0.3 is 0 Å². The van der Waals surface area contributed by atoms with Crippen molar-refractivity contribution < 1.29 is 9.53 Å². The maximum Gasteiger partial charge on any atom is 0.266 e. The number of nitrogens with one attached hydrogen (secondary N) is 1. The average Bonchev–Trinajstić information content (AvgIpc) is 2.74. The first kappa shape index (κ1) is 21.9. The van der Waals surface area contributed by atoms with Crippen molar-refractivity contribution in [3.05, 3.63) is 100 Å². The van der Waals surface area contributed by atoms with Gasteiger partial charge in [-0.15, -0.1) is 0 Å². The molecule has 3 aromatic rings. The molecule has 0 spiro atoms. The van der Waals surface area contributed by atoms with Crippen molar-refractivity contribution in [3.63, 3.8) is 0 Å². The van der Waals surface area contributed by atoms with Crippen LogP contribution >= 0.6 is 0 Å². The molecule has 156 valence electrons. The van der Waals surface area contributed by atoms with E-state index in [1.54, 1.807) is 30.3 Å². The Labute approximate surface area is 183 Å². The standard InChI is InChI=1S/C27H26N2O2/c1-4-31-26-11-9-25(10-12-26)29-27(30)24(18-28)17-22-7-5-21(6-8-22)16-23-14-19(2)13-20(3)15-23/h5-15,17H,4,16H2,1-3H3,(H,29,30)/b24-17+. The van der Waals surface area contributed by atoms with E-state index in [1.165, 1.54) is 22.3 Å². The van der Waals surface area contributed by atoms with E-state index in [0.29, 0.717) is 12.3 Å². The minimum Gasteiger partial charge on any atom is -0.494 e. The Kier molecular flexibility index (Phi) is 7.24. The molecule has 0 bridgehead atoms. The SMILES string of the molecule is CCOc1ccc(NC(=O)/C(C#N)=C/c2ccc(Cc3cc(C)cc(C)c3)cc2)cc1. The number of benzene rings is 3. The summed E-state index contributed by atoms with van der Waals surface area (Å²) in [4.78, 5) is 12.5. The Morgan fingerprint density at radius 2 is 1.61 bits per heavy atom. The Hall–Kier alpha value is -3.84. The fourth-order valence-corrected chi connectivity index (χ4v) is 3.45. The van der Waals surface area contributed by atoms with Gasteiger partial charge in [0.2, 0.25) is 0 Å². The normalized spacial score (nSPS) is 11.0. The third-order valence-electron chi connectivity index (χ3n) is 4.77. The topological polar surface area (TPSA) is 62.1 Å². The zero-order valence-electron chi connectivity index (χ0n) is 18.1. The van der Waals surface area contributed by atoms with E-state index >= 15 is 0 Å². The van der Waals surface area contributed by atoms with Crippen LogP contribution in [-0.4, -0.2) is 12.5 Å². The average molecular weight is 411 g/mol. The first-order chi connectivity index (χ1) is 15.0. The van der Waals surface area contributed by atoms with Gasteiger partial charge in [-0.25, -0.2) is 0 Å². The molecular weight excluding hydrogens is 384 g/mol. The number of ether oxygens (including phenoxy) is 1. The quantitative estimate of drug-likeness (QED) is 0.393. The number of nitriles is 1. The molecule has 0 aliphatic carbocycles. The fraction of sp³-hybridized carbons (Fsp3) is 0.185. The molecule has 0 fully saturated rings. The highest BCUT2D eigenvalue weighted by Gasteiger charge is 2.10. The van der Waals surface area contributed by atoms with Gasteiger partial charge in [-0.3, -0.25) is 4.79 Å². The molecule has 0 atom stereocenters. The fourth-order valence-electron chi connectivity index (χ4n) is 3.45. The van der Waals surface area contributed by atoms with Gasteiger partial charge in [0.1, 0.15) is 17.4 Å². The monoisotopic (exact) mass is 410 g/mol. The van der Waals surface area contributed by atoms with Crippen LogP contribution in [0.4, 0.5) is 5.69 Å². The first-order valence-corrected chi connectivity index (χ1v) is 10.3. The third-order valence-corrected chi connectivity index (χ3v) is 4.77. The van der Waals surface area contributed by atoms with Crippen molar-refractivity contribution in [3.8, 4) is 11.8 Å². The van der Waals surface area contributed by atoms with Crippen LogP contribution in [0.1, 0.15) is 34.7 Å². The molecular formula is C27H26N2O2. The van der Waals surface area contributed by atoms with E-state index in [0.717, 1.165) is 17.7 Å². The lowest BCUT2D eigenvalue weighted by molar-refractivity contribution is -0.112. The summed E-state index contributed by atoms with van der Waals surface area (Å²) in [6.07, 6.45) is 2.44. The lowest BCUT2D eigenvalue weighted by Gasteiger charge is -2.07. The molecule has 0 aliphatic heterocycles. The van der Waals surface area contributed by atoms with E-state index in [4.69, 9.17) is 4.74 Å². The van der Waals surface area contributed by atoms with E-state index in [-0.39, 0.29) is 5.57 Å². The third kappa shape index (κ3) is 6.32. The van der Waals surface area contributed by atoms with Crippen LogP contribution in [0, 0.1) is 25.2 Å². The molecule has 0 heterocycles. The van der Waals surface area contributed by atoms with Crippen LogP contribution in [0.25, 0.3) is 6.08 Å². The molecule has 4 heteroatoms. The van der Waals surface area contributed by atoms with Gasteiger partial charge in [0, 0.05) is 5.69 Å². The molecule has 1 amide bonds. The molecule has 0 aliphatic rings. The Morgan fingerprint density at radius 3 is 2.19 bits per heavy atom. The lowest BCUT2D eigenvalue weighted by atomic mass is 9.99. The van der Waals surface area contributed by atoms with Crippen molar-refractivity contribution in [2.45, 2.75) is 27.2 Å². The summed E-state index contributed by atoms with van der Waals surface area (Å²) in [7, 11) is 0. The molecule has 1 N–H and O–H groups in total. The number of aryl methyl sites for hydroxylation is 2. The second-order valence-electron chi connectivity index (χ2n) is 7.50. The minimum atomic E-state index is -0.439. The second kappa shape index (κ2) is 10.3. The summed E-state index contributed by atoms with van der Waals surface area (Å²) in [5, 5.41) is 12.2. The van der Waals surface area contributed by atoms with Crippen LogP contribution in [0.3, 0.4) is 0 Å². The number of amides is 1. The lowest BCUT2D eigenvalue weighted by Crippen LogP contribution is -2.13. The largest absolute Gasteiger partial charge is 0.494 e. The summed E-state index contributed by atoms with van der Waals surface area (Å²) < 4.78 is 5.40. The van der Waals surface area contributed by atoms with E-state index < -0.39 is 5.91 Å². The molecule has 3 rings (SSSR count). The number of hydrogen-bond acceptors (Lipinski definition) is 3. The number of anilines is 1. The van der Waals surface area contributed by atoms with Crippen molar-refractivity contribution >= 4 is 17.7 Å². The van der Waals surface area contributed by atoms with Crippen molar-refractivity contribution in [2.75, 3.05) is 11.9 Å². The summed E-state index contributed by atoms with van der Waals surface area (Å²) >= 11 is 0. The van der Waals surface area contributed by atoms with Crippen molar-refractivity contribution in [2.24, 2.45) is 0 Å². The van der Waals surface area contributed by atoms with E-state index in [1.807, 2.05) is 37.3 Å². The van der Waals surface area contributed by atoms with Crippen LogP contribution in [0.15, 0.2) is 72.3 Å². The predicted molar refractivity (Wildman–Crippen MR) is 125 cm³/mol. The molecule has 31 heavy (non-hydrogen) atoms. The zero-order chi connectivity index (χ0) is 22.2. The number of carbonyl (C=O) groups excluding carboxylic acids is 1. The zero-order valence-corrected chi connectivity index (χ0v) is 18.1. The Bertz CT molecular complexity index is 1100. The number of nitrogens with zero attached hydrogens (tertiary/aromatic N) is 1. The maximum atomic E-state index is 12.5. The molecule has 4 nitrogen and oxygen atoms in total. The summed E-state index contributed by atoms with van der Waals surface area (Å²) in [6, 6.07) is 23.5. The van der Waals surface area contributed by atoms with Gasteiger partial charge in [0.25, 0.3) is 5.91 Å². The molecule has 3 aromatic carbocycles. The second-order valence-corrected chi connectivity index (χ2v) is 7.50. The molecule has 0 radical (unpaired) electrons. The first-order valence-electron chi connectivity index (χ1n) is 10.3. The maximum absolute atomic E-state index is 12.5. The van der Waals surface area contributed by atoms with Crippen LogP contribution in [0.5, 0.6) is 5.75 Å². The van der Waals surface area contributed by atoms with Gasteiger partial charge in [-0.2, -0.15) is 5.26 Å². The van der Waals surface area contributed by atoms with Gasteiger partial charge < -0.3 is 10.1 Å². The van der Waals surface area contributed by atoms with E-state index in [2.05, 4.69) is 37.4 Å². The summed E-state index contributed by atoms with van der Waals surface area (Å²) in [6.45, 7) is 6.70. The number of carbonyl (C=O) groups is 1. The van der Waals surface area contributed by atoms with Gasteiger partial charge in [-0.1, -0.05) is 53.6 Å². The van der Waals surface area contributed by atoms with Gasteiger partial charge in [-0.05, 0) is 74.2 Å². The Morgan fingerprint density at radius 1 is 0.968 bits per heavy atom. The van der Waals surface area contributed by atoms with Crippen LogP contribution < -0.4 is 10.1 Å². The van der Waals surface area contributed by atoms with E-state index in [9.17, 15) is 10.1 Å². The number of hydrogen-bond donors (Lipinski definition) is 1. The van der Waals surface area contributed by atoms with Crippen LogP contribution in [-0.2, 0) is 11.2 Å². The molecule has 0 saturated heterocycles. The molecule has 0 unspecified atom stereocenters.